The molecule has 0 radical (unpaired) electrons. The quantitative estimate of drug-likeness (QED) is 0.359. The van der Waals surface area contributed by atoms with Crippen molar-refractivity contribution in [2.24, 2.45) is 0 Å². The first-order valence-corrected chi connectivity index (χ1v) is 3.23. The molecule has 0 bridgehead atoms. The minimum absolute atomic E-state index is 0.914. The fourth-order valence-electron chi connectivity index (χ4n) is 0.488. The van der Waals surface area contributed by atoms with Crippen LogP contribution in [0.5, 0.6) is 0 Å². The summed E-state index contributed by atoms with van der Waals surface area (Å²) in [5, 5.41) is 19.4. The number of carboxylic acids is 1. The molecule has 6 heteroatoms. The highest BCUT2D eigenvalue weighted by atomic mass is 16.5. The van der Waals surface area contributed by atoms with E-state index in [0.717, 1.165) is 7.11 Å². The lowest BCUT2D eigenvalue weighted by Gasteiger charge is -2.13. The van der Waals surface area contributed by atoms with Gasteiger partial charge in [-0.05, 0) is 6.92 Å². The first-order chi connectivity index (χ1) is 5.49. The third-order valence-corrected chi connectivity index (χ3v) is 1.20. The number of hydrogen-bond acceptors (Lipinski definition) is 5. The fourth-order valence-corrected chi connectivity index (χ4v) is 0.488. The van der Waals surface area contributed by atoms with Crippen LogP contribution in [-0.4, -0.2) is 41.5 Å². The van der Waals surface area contributed by atoms with Crippen molar-refractivity contribution < 1.29 is 24.5 Å². The molecule has 0 aliphatic rings. The Labute approximate surface area is 69.1 Å². The van der Waals surface area contributed by atoms with Gasteiger partial charge in [-0.25, -0.2) is 4.79 Å². The molecule has 0 saturated carbocycles. The summed E-state index contributed by atoms with van der Waals surface area (Å²) in [7, 11) is 1.10. The maximum absolute atomic E-state index is 10.5. The Balaban J connectivity index is 3.91. The molecule has 0 saturated heterocycles. The zero-order chi connectivity index (χ0) is 9.72. The Morgan fingerprint density at radius 3 is 2.33 bits per heavy atom. The number of methoxy groups -OCH3 is 1. The van der Waals surface area contributed by atoms with Crippen LogP contribution in [0.1, 0.15) is 6.92 Å². The number of aliphatic hydroxyl groups is 1. The molecule has 70 valence electrons. The second-order valence-corrected chi connectivity index (χ2v) is 2.15. The van der Waals surface area contributed by atoms with Crippen molar-refractivity contribution in [2.75, 3.05) is 7.11 Å². The Morgan fingerprint density at radius 1 is 1.50 bits per heavy atom. The molecule has 3 N–H and O–H groups in total. The van der Waals surface area contributed by atoms with Gasteiger partial charge < -0.3 is 14.9 Å². The Kier molecular flexibility index (Phi) is 4.24. The lowest BCUT2D eigenvalue weighted by molar-refractivity contribution is -0.154. The van der Waals surface area contributed by atoms with E-state index in [2.05, 4.69) is 10.1 Å². The number of aliphatic carboxylic acids is 1. The average Bonchev–Trinajstić information content (AvgIpc) is 2.02. The monoisotopic (exact) mass is 177 g/mol. The summed E-state index contributed by atoms with van der Waals surface area (Å²) >= 11 is 0. The summed E-state index contributed by atoms with van der Waals surface area (Å²) in [4.78, 5) is 20.8. The Morgan fingerprint density at radius 2 is 2.00 bits per heavy atom. The number of carbonyl (C=O) groups excluding carboxylic acids is 1. The zero-order valence-corrected chi connectivity index (χ0v) is 6.77. The number of esters is 1. The van der Waals surface area contributed by atoms with E-state index in [9.17, 15) is 9.59 Å². The normalized spacial score (nSPS) is 14.9. The third-order valence-electron chi connectivity index (χ3n) is 1.20. The zero-order valence-electron chi connectivity index (χ0n) is 6.77. The summed E-state index contributed by atoms with van der Waals surface area (Å²) < 4.78 is 4.15. The molecule has 0 heterocycles. The molecular formula is C6H11NO5. The second kappa shape index (κ2) is 4.68. The molecule has 0 aliphatic carbocycles. The molecule has 0 spiro atoms. The highest BCUT2D eigenvalue weighted by Crippen LogP contribution is 1.87. The molecule has 0 rings (SSSR count). The second-order valence-electron chi connectivity index (χ2n) is 2.15. The van der Waals surface area contributed by atoms with Crippen molar-refractivity contribution in [3.05, 3.63) is 0 Å². The van der Waals surface area contributed by atoms with Gasteiger partial charge in [0.25, 0.3) is 0 Å². The van der Waals surface area contributed by atoms with Crippen LogP contribution >= 0.6 is 0 Å². The van der Waals surface area contributed by atoms with Gasteiger partial charge in [-0.2, -0.15) is 0 Å². The summed E-state index contributed by atoms with van der Waals surface area (Å²) in [5.41, 5.74) is 0. The van der Waals surface area contributed by atoms with Gasteiger partial charge in [0.05, 0.1) is 7.11 Å². The van der Waals surface area contributed by atoms with E-state index in [4.69, 9.17) is 10.2 Å². The van der Waals surface area contributed by atoms with Crippen molar-refractivity contribution in [3.63, 3.8) is 0 Å². The van der Waals surface area contributed by atoms with E-state index in [1.54, 1.807) is 0 Å². The molecule has 1 unspecified atom stereocenters. The predicted molar refractivity (Wildman–Crippen MR) is 38.3 cm³/mol. The summed E-state index contributed by atoms with van der Waals surface area (Å²) in [6, 6.07) is -1.00. The number of carboxylic acid groups (broad SMARTS) is 1. The fraction of sp³-hybridized carbons (Fsp3) is 0.667. The first-order valence-electron chi connectivity index (χ1n) is 3.23. The molecule has 0 aromatic carbocycles. The predicted octanol–water partition coefficient (Wildman–Crippen LogP) is -1.46. The SMILES string of the molecule is COC(=O)C(O)N[C@@H](C)C(=O)O. The average molecular weight is 177 g/mol. The van der Waals surface area contributed by atoms with Gasteiger partial charge in [0.15, 0.2) is 0 Å². The smallest absolute Gasteiger partial charge is 0.350 e. The van der Waals surface area contributed by atoms with Crippen LogP contribution in [0.4, 0.5) is 0 Å². The molecule has 0 aliphatic heterocycles. The standard InChI is InChI=1S/C6H11NO5/c1-3(5(9)10)7-4(8)6(11)12-2/h3-4,7-8H,1-2H3,(H,9,10)/t3-,4?/m0/s1. The van der Waals surface area contributed by atoms with Crippen molar-refractivity contribution in [1.29, 1.82) is 0 Å². The van der Waals surface area contributed by atoms with Crippen molar-refractivity contribution in [3.8, 4) is 0 Å². The lowest BCUT2D eigenvalue weighted by atomic mass is 10.3. The van der Waals surface area contributed by atoms with Crippen LogP contribution in [0, 0.1) is 0 Å². The Bertz CT molecular complexity index is 181. The van der Waals surface area contributed by atoms with Gasteiger partial charge in [-0.15, -0.1) is 0 Å². The van der Waals surface area contributed by atoms with Crippen LogP contribution in [0.15, 0.2) is 0 Å². The van der Waals surface area contributed by atoms with E-state index in [1.165, 1.54) is 6.92 Å². The molecule has 0 aromatic heterocycles. The molecule has 0 fully saturated rings. The van der Waals surface area contributed by atoms with Gasteiger partial charge in [-0.3, -0.25) is 10.1 Å². The van der Waals surface area contributed by atoms with Crippen LogP contribution in [0.3, 0.4) is 0 Å². The number of nitrogens with one attached hydrogen (secondary N) is 1. The highest BCUT2D eigenvalue weighted by molar-refractivity contribution is 5.77. The van der Waals surface area contributed by atoms with E-state index in [0.29, 0.717) is 0 Å². The van der Waals surface area contributed by atoms with E-state index in [1.807, 2.05) is 0 Å². The summed E-state index contributed by atoms with van der Waals surface area (Å²) in [5.74, 6) is -2.07. The maximum Gasteiger partial charge on any atom is 0.350 e. The van der Waals surface area contributed by atoms with Crippen LogP contribution in [0.2, 0.25) is 0 Å². The van der Waals surface area contributed by atoms with Crippen LogP contribution < -0.4 is 5.32 Å². The van der Waals surface area contributed by atoms with E-state index < -0.39 is 24.2 Å². The van der Waals surface area contributed by atoms with Crippen LogP contribution in [0.25, 0.3) is 0 Å². The summed E-state index contributed by atoms with van der Waals surface area (Å²) in [6.45, 7) is 1.30. The Hall–Kier alpha value is -1.14. The number of aliphatic hydroxyl groups excluding tert-OH is 1. The molecule has 0 amide bonds. The minimum Gasteiger partial charge on any atom is -0.480 e. The molecular weight excluding hydrogens is 166 g/mol. The van der Waals surface area contributed by atoms with Gasteiger partial charge in [-0.1, -0.05) is 0 Å². The van der Waals surface area contributed by atoms with Crippen molar-refractivity contribution in [1.82, 2.24) is 5.32 Å². The van der Waals surface area contributed by atoms with Crippen molar-refractivity contribution in [2.45, 2.75) is 19.2 Å². The number of hydrogen-bond donors (Lipinski definition) is 3. The van der Waals surface area contributed by atoms with Gasteiger partial charge in [0.2, 0.25) is 6.23 Å². The number of ether oxygens (including phenoxy) is 1. The third kappa shape index (κ3) is 3.31. The van der Waals surface area contributed by atoms with E-state index >= 15 is 0 Å². The maximum atomic E-state index is 10.5. The van der Waals surface area contributed by atoms with Gasteiger partial charge >= 0.3 is 11.9 Å². The topological polar surface area (TPSA) is 95.9 Å². The number of rotatable bonds is 4. The summed E-state index contributed by atoms with van der Waals surface area (Å²) in [6.07, 6.45) is -1.60. The molecule has 12 heavy (non-hydrogen) atoms. The highest BCUT2D eigenvalue weighted by Gasteiger charge is 2.20. The molecule has 0 aromatic rings. The van der Waals surface area contributed by atoms with Crippen LogP contribution in [-0.2, 0) is 14.3 Å². The largest absolute Gasteiger partial charge is 0.480 e. The lowest BCUT2D eigenvalue weighted by Crippen LogP contribution is -2.45. The molecule has 6 nitrogen and oxygen atoms in total. The van der Waals surface area contributed by atoms with E-state index in [-0.39, 0.29) is 0 Å². The minimum atomic E-state index is -1.60. The van der Waals surface area contributed by atoms with Gasteiger partial charge in [0.1, 0.15) is 6.04 Å². The number of carbonyl (C=O) groups is 2. The van der Waals surface area contributed by atoms with Crippen molar-refractivity contribution >= 4 is 11.9 Å². The molecule has 2 atom stereocenters. The first kappa shape index (κ1) is 10.9. The van der Waals surface area contributed by atoms with Gasteiger partial charge in [0, 0.05) is 0 Å².